The molecule has 0 aromatic heterocycles. The Morgan fingerprint density at radius 2 is 1.61 bits per heavy atom. The van der Waals surface area contributed by atoms with Gasteiger partial charge < -0.3 is 47.7 Å². The lowest BCUT2D eigenvalue weighted by atomic mass is 9.81. The molecular weight excluding hydrogens is 698 g/mol. The molecule has 0 radical (unpaired) electrons. The Balaban J connectivity index is 0.988. The number of hydrogen-bond donors (Lipinski definition) is 1. The smallest absolute Gasteiger partial charge is 0.172 e. The highest BCUT2D eigenvalue weighted by atomic mass is 16.8. The summed E-state index contributed by atoms with van der Waals surface area (Å²) in [6.07, 6.45) is 3.73. The molecule has 19 atom stereocenters. The number of rotatable bonds is 5. The lowest BCUT2D eigenvalue weighted by Crippen LogP contribution is -2.61. The fourth-order valence-electron chi connectivity index (χ4n) is 11.4. The maximum Gasteiger partial charge on any atom is 0.172 e. The van der Waals surface area contributed by atoms with Gasteiger partial charge in [-0.25, -0.2) is 0 Å². The van der Waals surface area contributed by atoms with Crippen LogP contribution in [0.1, 0.15) is 90.4 Å². The van der Waals surface area contributed by atoms with Crippen molar-refractivity contribution in [1.29, 1.82) is 0 Å². The van der Waals surface area contributed by atoms with Gasteiger partial charge in [-0.05, 0) is 67.5 Å². The van der Waals surface area contributed by atoms with Crippen molar-refractivity contribution in [3.8, 4) is 0 Å². The van der Waals surface area contributed by atoms with Crippen LogP contribution >= 0.6 is 0 Å². The number of methoxy groups -OCH3 is 1. The first-order valence-corrected chi connectivity index (χ1v) is 20.5. The minimum absolute atomic E-state index is 0.0142. The Morgan fingerprint density at radius 1 is 0.852 bits per heavy atom. The Labute approximate surface area is 317 Å². The van der Waals surface area contributed by atoms with Crippen LogP contribution in [0.3, 0.4) is 0 Å². The Morgan fingerprint density at radius 3 is 2.44 bits per heavy atom. The molecule has 1 N–H and O–H groups in total. The summed E-state index contributed by atoms with van der Waals surface area (Å²) in [7, 11) is 1.62. The van der Waals surface area contributed by atoms with Gasteiger partial charge in [-0.3, -0.25) is 4.79 Å². The normalized spacial score (nSPS) is 50.6. The highest BCUT2D eigenvalue weighted by Crippen LogP contribution is 2.54. The van der Waals surface area contributed by atoms with Crippen LogP contribution in [0.25, 0.3) is 10.4 Å². The van der Waals surface area contributed by atoms with Gasteiger partial charge in [-0.15, -0.1) is 0 Å². The topological polar surface area (TPSA) is 169 Å². The van der Waals surface area contributed by atoms with Gasteiger partial charge in [0.15, 0.2) is 5.79 Å². The lowest BCUT2D eigenvalue weighted by molar-refractivity contribution is -0.292. The summed E-state index contributed by atoms with van der Waals surface area (Å²) in [6, 6.07) is 0. The second-order valence-corrected chi connectivity index (χ2v) is 17.6. The second kappa shape index (κ2) is 15.1. The third kappa shape index (κ3) is 7.01. The molecule has 0 aromatic carbocycles. The van der Waals surface area contributed by atoms with Crippen LogP contribution in [-0.2, 0) is 47.4 Å². The first-order chi connectivity index (χ1) is 26.1. The van der Waals surface area contributed by atoms with E-state index in [1.165, 1.54) is 0 Å². The summed E-state index contributed by atoms with van der Waals surface area (Å²) < 4.78 is 60.0. The van der Waals surface area contributed by atoms with Gasteiger partial charge in [-0.1, -0.05) is 25.2 Å². The molecule has 10 aliphatic heterocycles. The van der Waals surface area contributed by atoms with Crippen LogP contribution < -0.4 is 0 Å². The first-order valence-electron chi connectivity index (χ1n) is 20.5. The van der Waals surface area contributed by atoms with Crippen LogP contribution in [0.15, 0.2) is 29.4 Å². The highest BCUT2D eigenvalue weighted by molar-refractivity contribution is 5.79. The van der Waals surface area contributed by atoms with E-state index in [1.54, 1.807) is 7.11 Å². The molecule has 14 nitrogen and oxygen atoms in total. The van der Waals surface area contributed by atoms with E-state index in [1.807, 2.05) is 0 Å². The van der Waals surface area contributed by atoms with E-state index in [9.17, 15) is 9.90 Å². The number of hydrogen-bond acceptors (Lipinski definition) is 12. The average molecular weight is 756 g/mol. The number of ketones is 1. The number of aliphatic hydroxyl groups is 1. The molecule has 1 spiro atoms. The van der Waals surface area contributed by atoms with Gasteiger partial charge in [0.05, 0.1) is 73.7 Å². The molecule has 10 heterocycles. The van der Waals surface area contributed by atoms with Crippen LogP contribution in [0.2, 0.25) is 0 Å². The highest BCUT2D eigenvalue weighted by Gasteiger charge is 2.68. The zero-order valence-corrected chi connectivity index (χ0v) is 31.6. The maximum atomic E-state index is 14.1. The summed E-state index contributed by atoms with van der Waals surface area (Å²) in [5.41, 5.74) is 11.0. The minimum atomic E-state index is -0.908. The molecule has 14 heteroatoms. The quantitative estimate of drug-likeness (QED) is 0.177. The van der Waals surface area contributed by atoms with E-state index in [4.69, 9.17) is 48.2 Å². The Kier molecular flexibility index (Phi) is 10.5. The van der Waals surface area contributed by atoms with Gasteiger partial charge in [0.1, 0.15) is 36.3 Å². The molecule has 0 saturated carbocycles. The summed E-state index contributed by atoms with van der Waals surface area (Å²) in [4.78, 5) is 16.9. The van der Waals surface area contributed by atoms with Crippen molar-refractivity contribution < 1.29 is 52.5 Å². The number of fused-ring (bicyclic) bond motifs is 6. The van der Waals surface area contributed by atoms with Crippen molar-refractivity contribution in [2.24, 2.45) is 17.0 Å². The second-order valence-electron chi connectivity index (χ2n) is 17.6. The van der Waals surface area contributed by atoms with E-state index in [2.05, 4.69) is 30.1 Å². The van der Waals surface area contributed by atoms with Gasteiger partial charge in [0.2, 0.25) is 0 Å². The standard InChI is InChI=1S/C40H57N3O11/c1-19-11-24-5-7-28-20(2)12-26(47-28)9-10-40-17-33-36(53-40)37-38(52-33)39(54-40)35-29(51-37)8-6-25(49-35)13-22(44)14-27-31(16-30(48-24)21(19)3)50-32(34(27)46-4)15-23(45)18-42-43-41/h19,23-39,45H,2-3,5-18H2,1,4H3/t19-,23+,24+,25?,26+,27+,28+,29+,30-,31+,32-,33-,34-,35+,36+,37+,38-,39+,40+/m1/s1. The van der Waals surface area contributed by atoms with Gasteiger partial charge >= 0.3 is 0 Å². The van der Waals surface area contributed by atoms with E-state index in [0.717, 1.165) is 49.7 Å². The molecule has 298 valence electrons. The number of carbonyl (C=O) groups is 1. The van der Waals surface area contributed by atoms with Crippen molar-refractivity contribution in [3.63, 3.8) is 0 Å². The summed E-state index contributed by atoms with van der Waals surface area (Å²) in [6.45, 7) is 11.0. The van der Waals surface area contributed by atoms with Gasteiger partial charge in [0, 0.05) is 56.5 Å². The van der Waals surface area contributed by atoms with Crippen LogP contribution in [-0.4, -0.2) is 128 Å². The van der Waals surface area contributed by atoms with Crippen LogP contribution in [0.5, 0.6) is 0 Å². The molecular formula is C40H57N3O11. The number of Topliss-reactive ketones (excluding diaryl/α,β-unsaturated/α-hetero) is 1. The van der Waals surface area contributed by atoms with E-state index in [-0.39, 0.29) is 123 Å². The molecule has 54 heavy (non-hydrogen) atoms. The van der Waals surface area contributed by atoms with Crippen molar-refractivity contribution in [1.82, 2.24) is 0 Å². The van der Waals surface area contributed by atoms with Crippen molar-refractivity contribution in [2.75, 3.05) is 13.7 Å². The Hall–Kier alpha value is -1.94. The molecule has 0 aliphatic carbocycles. The SMILES string of the molecule is C=C1C[C@@H]2CC[C@@]34C[C@H]5O[C@H]6[C@@H](O3)[C@H]3OC(CC[C@@H]3O[C@H]6[C@H]5O4)CC(=O)C[C@@H]3[C@@H](OC)[C@@H](C[C@H](O)CN=[N+]=[N-])O[C@H]3C[C@H]3O[C@@H](CC[C@@H]1O2)C[C@@H](C)C3=C. The molecule has 10 fully saturated rings. The fourth-order valence-corrected chi connectivity index (χ4v) is 11.4. The molecule has 10 rings (SSSR count). The number of ether oxygens (including phenoxy) is 9. The number of aliphatic hydroxyl groups excluding tert-OH is 1. The van der Waals surface area contributed by atoms with E-state index < -0.39 is 24.1 Å². The maximum absolute atomic E-state index is 14.1. The third-order valence-corrected chi connectivity index (χ3v) is 14.1. The van der Waals surface area contributed by atoms with Gasteiger partial charge in [-0.2, -0.15) is 0 Å². The summed E-state index contributed by atoms with van der Waals surface area (Å²) >= 11 is 0. The largest absolute Gasteiger partial charge is 0.393 e. The molecule has 12 bridgehead atoms. The molecule has 10 saturated heterocycles. The van der Waals surface area contributed by atoms with Crippen molar-refractivity contribution in [2.45, 2.75) is 194 Å². The molecule has 1 unspecified atom stereocenters. The van der Waals surface area contributed by atoms with Crippen LogP contribution in [0.4, 0.5) is 0 Å². The predicted molar refractivity (Wildman–Crippen MR) is 191 cm³/mol. The van der Waals surface area contributed by atoms with Crippen LogP contribution in [0, 0.1) is 11.8 Å². The first kappa shape index (κ1) is 37.6. The fraction of sp³-hybridized carbons (Fsp3) is 0.875. The monoisotopic (exact) mass is 755 g/mol. The van der Waals surface area contributed by atoms with Gasteiger partial charge in [0.25, 0.3) is 0 Å². The Bertz CT molecular complexity index is 1510. The zero-order chi connectivity index (χ0) is 37.3. The minimum Gasteiger partial charge on any atom is -0.393 e. The van der Waals surface area contributed by atoms with Crippen molar-refractivity contribution >= 4 is 5.78 Å². The summed E-state index contributed by atoms with van der Waals surface area (Å²) in [5, 5.41) is 14.3. The third-order valence-electron chi connectivity index (χ3n) is 14.1. The lowest BCUT2D eigenvalue weighted by Gasteiger charge is -2.47. The number of azide groups is 1. The van der Waals surface area contributed by atoms with E-state index >= 15 is 0 Å². The zero-order valence-electron chi connectivity index (χ0n) is 31.6. The molecule has 10 aliphatic rings. The number of carbonyl (C=O) groups excluding carboxylic acids is 1. The van der Waals surface area contributed by atoms with Crippen molar-refractivity contribution in [3.05, 3.63) is 34.7 Å². The van der Waals surface area contributed by atoms with E-state index in [0.29, 0.717) is 25.7 Å². The predicted octanol–water partition coefficient (Wildman–Crippen LogP) is 4.79. The molecule has 0 aromatic rings. The molecule has 0 amide bonds. The summed E-state index contributed by atoms with van der Waals surface area (Å²) in [5.74, 6) is -0.767. The number of nitrogens with zero attached hydrogens (tertiary/aromatic N) is 3. The average Bonchev–Trinajstić information content (AvgIpc) is 3.82.